The van der Waals surface area contributed by atoms with Crippen LogP contribution in [0.3, 0.4) is 0 Å². The fraction of sp³-hybridized carbons (Fsp3) is 0.115. The van der Waals surface area contributed by atoms with Crippen LogP contribution in [0.4, 0.5) is 4.39 Å². The average Bonchev–Trinajstić information content (AvgIpc) is 2.88. The Kier molecular flexibility index (Phi) is 6.98. The number of carbonyl (C=O) groups is 1. The quantitative estimate of drug-likeness (QED) is 0.398. The third-order valence-corrected chi connectivity index (χ3v) is 5.00. The second kappa shape index (κ2) is 10.4. The van der Waals surface area contributed by atoms with E-state index in [1.165, 1.54) is 12.1 Å². The Morgan fingerprint density at radius 1 is 0.912 bits per heavy atom. The van der Waals surface area contributed by atoms with E-state index in [0.29, 0.717) is 40.1 Å². The van der Waals surface area contributed by atoms with Crippen LogP contribution >= 0.6 is 0 Å². The van der Waals surface area contributed by atoms with Crippen LogP contribution in [0.2, 0.25) is 0 Å². The van der Waals surface area contributed by atoms with Crippen LogP contribution in [0.25, 0.3) is 11.4 Å². The molecule has 0 saturated carbocycles. The van der Waals surface area contributed by atoms with Crippen molar-refractivity contribution in [3.63, 3.8) is 0 Å². The summed E-state index contributed by atoms with van der Waals surface area (Å²) < 4.78 is 29.5. The molecule has 0 fully saturated rings. The molecule has 172 valence electrons. The van der Waals surface area contributed by atoms with Crippen molar-refractivity contribution in [2.24, 2.45) is 0 Å². The molecule has 0 aliphatic heterocycles. The van der Waals surface area contributed by atoms with Gasteiger partial charge in [-0.2, -0.15) is 4.98 Å². The highest BCUT2D eigenvalue weighted by molar-refractivity contribution is 5.94. The lowest BCUT2D eigenvalue weighted by Crippen LogP contribution is -2.23. The molecule has 8 heteroatoms. The van der Waals surface area contributed by atoms with Crippen molar-refractivity contribution in [1.29, 1.82) is 0 Å². The molecule has 1 N–H and O–H groups in total. The SMILES string of the molecule is COc1ccc(OC)c(CNC(=O)c2ccc(Oc3ccnc(-c4ccc(F)cc4)n3)cc2)c1. The maximum Gasteiger partial charge on any atom is 0.251 e. The monoisotopic (exact) mass is 459 g/mol. The highest BCUT2D eigenvalue weighted by Crippen LogP contribution is 2.25. The summed E-state index contributed by atoms with van der Waals surface area (Å²) >= 11 is 0. The van der Waals surface area contributed by atoms with Crippen LogP contribution in [-0.2, 0) is 6.54 Å². The van der Waals surface area contributed by atoms with Crippen LogP contribution < -0.4 is 19.5 Å². The molecule has 3 aromatic carbocycles. The zero-order valence-corrected chi connectivity index (χ0v) is 18.6. The lowest BCUT2D eigenvalue weighted by Gasteiger charge is -2.12. The molecule has 0 bridgehead atoms. The van der Waals surface area contributed by atoms with E-state index < -0.39 is 0 Å². The predicted octanol–water partition coefficient (Wildman–Crippen LogP) is 5.02. The van der Waals surface area contributed by atoms with Gasteiger partial charge in [-0.25, -0.2) is 9.37 Å². The first-order valence-electron chi connectivity index (χ1n) is 10.4. The minimum absolute atomic E-state index is 0.239. The highest BCUT2D eigenvalue weighted by atomic mass is 19.1. The third-order valence-electron chi connectivity index (χ3n) is 5.00. The van der Waals surface area contributed by atoms with Gasteiger partial charge in [0.2, 0.25) is 5.88 Å². The first kappa shape index (κ1) is 22.7. The maximum absolute atomic E-state index is 13.2. The second-order valence-corrected chi connectivity index (χ2v) is 7.21. The smallest absolute Gasteiger partial charge is 0.251 e. The minimum atomic E-state index is -0.331. The molecule has 0 spiro atoms. The number of hydrogen-bond acceptors (Lipinski definition) is 6. The van der Waals surface area contributed by atoms with Gasteiger partial charge in [-0.05, 0) is 66.7 Å². The molecule has 1 heterocycles. The number of nitrogens with zero attached hydrogens (tertiary/aromatic N) is 2. The van der Waals surface area contributed by atoms with E-state index in [4.69, 9.17) is 14.2 Å². The van der Waals surface area contributed by atoms with Crippen LogP contribution in [0, 0.1) is 5.82 Å². The van der Waals surface area contributed by atoms with Crippen molar-refractivity contribution in [1.82, 2.24) is 15.3 Å². The Hall–Kier alpha value is -4.46. The van der Waals surface area contributed by atoms with Gasteiger partial charge in [0.25, 0.3) is 5.91 Å². The normalized spacial score (nSPS) is 10.4. The number of aromatic nitrogens is 2. The number of halogens is 1. The van der Waals surface area contributed by atoms with E-state index in [9.17, 15) is 9.18 Å². The molecule has 0 saturated heterocycles. The van der Waals surface area contributed by atoms with Crippen LogP contribution in [0.5, 0.6) is 23.1 Å². The lowest BCUT2D eigenvalue weighted by molar-refractivity contribution is 0.0950. The zero-order valence-electron chi connectivity index (χ0n) is 18.6. The summed E-state index contributed by atoms with van der Waals surface area (Å²) in [6.45, 7) is 0.282. The molecule has 1 amide bonds. The van der Waals surface area contributed by atoms with E-state index >= 15 is 0 Å². The number of benzene rings is 3. The van der Waals surface area contributed by atoms with Crippen LogP contribution in [0.1, 0.15) is 15.9 Å². The molecular weight excluding hydrogens is 437 g/mol. The first-order valence-corrected chi connectivity index (χ1v) is 10.4. The number of rotatable bonds is 8. The molecule has 0 aliphatic rings. The van der Waals surface area contributed by atoms with E-state index in [0.717, 1.165) is 5.56 Å². The summed E-state index contributed by atoms with van der Waals surface area (Å²) in [5.74, 6) is 2.03. The van der Waals surface area contributed by atoms with E-state index in [1.807, 2.05) is 6.07 Å². The van der Waals surface area contributed by atoms with Gasteiger partial charge in [0.05, 0.1) is 14.2 Å². The van der Waals surface area contributed by atoms with Crippen molar-refractivity contribution in [3.05, 3.63) is 95.9 Å². The van der Waals surface area contributed by atoms with Gasteiger partial charge in [-0.3, -0.25) is 4.79 Å². The Morgan fingerprint density at radius 2 is 1.65 bits per heavy atom. The Bertz CT molecular complexity index is 1280. The van der Waals surface area contributed by atoms with Gasteiger partial charge in [-0.1, -0.05) is 0 Å². The summed E-state index contributed by atoms with van der Waals surface area (Å²) in [5, 5.41) is 2.88. The van der Waals surface area contributed by atoms with Gasteiger partial charge in [-0.15, -0.1) is 0 Å². The molecule has 0 atom stereocenters. The van der Waals surface area contributed by atoms with Gasteiger partial charge in [0.15, 0.2) is 5.82 Å². The van der Waals surface area contributed by atoms with E-state index in [2.05, 4.69) is 15.3 Å². The van der Waals surface area contributed by atoms with Crippen molar-refractivity contribution in [2.75, 3.05) is 14.2 Å². The topological polar surface area (TPSA) is 82.6 Å². The van der Waals surface area contributed by atoms with Crippen LogP contribution in [0.15, 0.2) is 79.0 Å². The third kappa shape index (κ3) is 5.47. The highest BCUT2D eigenvalue weighted by Gasteiger charge is 2.10. The minimum Gasteiger partial charge on any atom is -0.497 e. The summed E-state index contributed by atoms with van der Waals surface area (Å²) in [6, 6.07) is 19.6. The predicted molar refractivity (Wildman–Crippen MR) is 125 cm³/mol. The molecule has 1 aromatic heterocycles. The number of ether oxygens (including phenoxy) is 3. The summed E-state index contributed by atoms with van der Waals surface area (Å²) in [5.41, 5.74) is 1.95. The van der Waals surface area contributed by atoms with Crippen molar-refractivity contribution < 1.29 is 23.4 Å². The second-order valence-electron chi connectivity index (χ2n) is 7.21. The lowest BCUT2D eigenvalue weighted by atomic mass is 10.1. The zero-order chi connectivity index (χ0) is 23.9. The molecular formula is C26H22FN3O4. The van der Waals surface area contributed by atoms with Gasteiger partial charge < -0.3 is 19.5 Å². The molecule has 0 aliphatic carbocycles. The number of amides is 1. The number of nitrogens with one attached hydrogen (secondary N) is 1. The molecule has 7 nitrogen and oxygen atoms in total. The summed E-state index contributed by atoms with van der Waals surface area (Å²) in [4.78, 5) is 21.2. The molecule has 0 unspecified atom stereocenters. The van der Waals surface area contributed by atoms with Gasteiger partial charge in [0, 0.05) is 35.5 Å². The van der Waals surface area contributed by atoms with Crippen molar-refractivity contribution in [3.8, 4) is 34.5 Å². The molecule has 34 heavy (non-hydrogen) atoms. The fourth-order valence-corrected chi connectivity index (χ4v) is 3.23. The summed E-state index contributed by atoms with van der Waals surface area (Å²) in [6.07, 6.45) is 1.57. The number of hydrogen-bond donors (Lipinski definition) is 1. The maximum atomic E-state index is 13.2. The van der Waals surface area contributed by atoms with Crippen molar-refractivity contribution >= 4 is 5.91 Å². The van der Waals surface area contributed by atoms with E-state index in [1.54, 1.807) is 75.0 Å². The Labute approximate surface area is 196 Å². The Balaban J connectivity index is 1.40. The number of carbonyl (C=O) groups excluding carboxylic acids is 1. The Morgan fingerprint density at radius 3 is 2.35 bits per heavy atom. The van der Waals surface area contributed by atoms with E-state index in [-0.39, 0.29) is 18.3 Å². The summed E-state index contributed by atoms with van der Waals surface area (Å²) in [7, 11) is 3.16. The first-order chi connectivity index (χ1) is 16.6. The fourth-order valence-electron chi connectivity index (χ4n) is 3.23. The molecule has 4 rings (SSSR count). The number of methoxy groups -OCH3 is 2. The van der Waals surface area contributed by atoms with Crippen molar-refractivity contribution in [2.45, 2.75) is 6.54 Å². The molecule has 4 aromatic rings. The average molecular weight is 459 g/mol. The van der Waals surface area contributed by atoms with Crippen LogP contribution in [-0.4, -0.2) is 30.1 Å². The van der Waals surface area contributed by atoms with Gasteiger partial charge >= 0.3 is 0 Å². The standard InChI is InChI=1S/C26H22FN3O4/c1-32-22-11-12-23(33-2)19(15-22)16-29-26(31)18-5-9-21(10-6-18)34-24-13-14-28-25(30-24)17-3-7-20(27)8-4-17/h3-15H,16H2,1-2H3,(H,29,31). The largest absolute Gasteiger partial charge is 0.497 e. The van der Waals surface area contributed by atoms with Gasteiger partial charge in [0.1, 0.15) is 23.1 Å². The molecule has 0 radical (unpaired) electrons.